The molecule has 2 heterocycles. The minimum Gasteiger partial charge on any atom is -0.331 e. The molecule has 2 N–H and O–H groups in total. The van der Waals surface area contributed by atoms with E-state index in [-0.39, 0.29) is 5.41 Å². The summed E-state index contributed by atoms with van der Waals surface area (Å²) in [6.07, 6.45) is 5.62. The van der Waals surface area contributed by atoms with Crippen LogP contribution < -0.4 is 5.73 Å². The summed E-state index contributed by atoms with van der Waals surface area (Å²) in [5, 5.41) is 0. The van der Waals surface area contributed by atoms with Gasteiger partial charge in [0.05, 0.1) is 11.7 Å². The Hall–Kier alpha value is -1.42. The Bertz CT molecular complexity index is 503. The molecule has 0 radical (unpaired) electrons. The summed E-state index contributed by atoms with van der Waals surface area (Å²) in [7, 11) is 2.06. The fourth-order valence-corrected chi connectivity index (χ4v) is 2.47. The monoisotopic (exact) mass is 232 g/mol. The largest absolute Gasteiger partial charge is 0.331 e. The van der Waals surface area contributed by atoms with Crippen molar-refractivity contribution >= 4 is 11.0 Å². The summed E-state index contributed by atoms with van der Waals surface area (Å²) in [4.78, 5) is 8.84. The van der Waals surface area contributed by atoms with Crippen molar-refractivity contribution in [2.45, 2.75) is 32.1 Å². The first-order valence-electron chi connectivity index (χ1n) is 6.15. The van der Waals surface area contributed by atoms with Crippen molar-refractivity contribution < 1.29 is 0 Å². The molecule has 92 valence electrons. The van der Waals surface area contributed by atoms with Crippen molar-refractivity contribution in [2.24, 2.45) is 12.8 Å². The second kappa shape index (κ2) is 4.45. The number of nitrogens with zero attached hydrogens (tertiary/aromatic N) is 3. The zero-order chi connectivity index (χ0) is 12.5. The van der Waals surface area contributed by atoms with Crippen molar-refractivity contribution in [3.8, 4) is 0 Å². The first-order chi connectivity index (χ1) is 8.18. The van der Waals surface area contributed by atoms with Crippen LogP contribution in [0.1, 0.15) is 32.5 Å². The highest BCUT2D eigenvalue weighted by atomic mass is 15.1. The lowest BCUT2D eigenvalue weighted by Crippen LogP contribution is -2.36. The average molecular weight is 232 g/mol. The maximum Gasteiger partial charge on any atom is 0.117 e. The van der Waals surface area contributed by atoms with Gasteiger partial charge >= 0.3 is 0 Å². The quantitative estimate of drug-likeness (QED) is 0.877. The highest BCUT2D eigenvalue weighted by Crippen LogP contribution is 2.31. The molecule has 0 atom stereocenters. The molecular formula is C13H20N4. The van der Waals surface area contributed by atoms with E-state index in [1.807, 2.05) is 12.3 Å². The molecule has 0 spiro atoms. The van der Waals surface area contributed by atoms with E-state index in [1.54, 1.807) is 6.20 Å². The molecule has 0 aromatic carbocycles. The van der Waals surface area contributed by atoms with E-state index in [4.69, 9.17) is 10.7 Å². The van der Waals surface area contributed by atoms with E-state index in [0.717, 1.165) is 29.7 Å². The van der Waals surface area contributed by atoms with E-state index < -0.39 is 0 Å². The van der Waals surface area contributed by atoms with Crippen LogP contribution in [0.5, 0.6) is 0 Å². The summed E-state index contributed by atoms with van der Waals surface area (Å²) in [5.41, 5.74) is 8.03. The number of rotatable bonds is 4. The number of nitrogens with two attached hydrogens (primary N) is 1. The lowest BCUT2D eigenvalue weighted by molar-refractivity contribution is 0.374. The number of pyridine rings is 1. The Labute approximate surface area is 102 Å². The number of aromatic nitrogens is 3. The van der Waals surface area contributed by atoms with Gasteiger partial charge in [-0.15, -0.1) is 0 Å². The molecule has 0 aliphatic carbocycles. The molecule has 0 unspecified atom stereocenters. The van der Waals surface area contributed by atoms with Gasteiger partial charge in [-0.05, 0) is 18.9 Å². The minimum atomic E-state index is -0.0201. The fraction of sp³-hybridized carbons (Fsp3) is 0.538. The molecule has 2 rings (SSSR count). The number of imidazole rings is 1. The molecule has 0 saturated heterocycles. The smallest absolute Gasteiger partial charge is 0.117 e. The zero-order valence-electron chi connectivity index (χ0n) is 10.8. The zero-order valence-corrected chi connectivity index (χ0v) is 10.8. The van der Waals surface area contributed by atoms with Gasteiger partial charge in [-0.25, -0.2) is 4.98 Å². The number of hydrogen-bond donors (Lipinski definition) is 1. The Balaban J connectivity index is 2.65. The maximum absolute atomic E-state index is 5.98. The third kappa shape index (κ3) is 1.72. The lowest BCUT2D eigenvalue weighted by Gasteiger charge is -2.29. The van der Waals surface area contributed by atoms with Crippen molar-refractivity contribution in [3.05, 3.63) is 24.3 Å². The van der Waals surface area contributed by atoms with E-state index in [1.165, 1.54) is 0 Å². The van der Waals surface area contributed by atoms with Gasteiger partial charge in [0, 0.05) is 25.2 Å². The molecule has 17 heavy (non-hydrogen) atoms. The fourth-order valence-electron chi connectivity index (χ4n) is 2.47. The Morgan fingerprint density at radius 1 is 1.35 bits per heavy atom. The van der Waals surface area contributed by atoms with Crippen LogP contribution in [0.25, 0.3) is 11.0 Å². The second-order valence-electron chi connectivity index (χ2n) is 4.55. The third-order valence-electron chi connectivity index (χ3n) is 3.90. The van der Waals surface area contributed by atoms with Crippen molar-refractivity contribution in [1.82, 2.24) is 14.5 Å². The predicted molar refractivity (Wildman–Crippen MR) is 69.8 cm³/mol. The van der Waals surface area contributed by atoms with Crippen LogP contribution in [0.4, 0.5) is 0 Å². The standard InChI is InChI=1S/C13H20N4/c1-4-13(5-2,9-14)12-16-10-8-15-7-6-11(10)17(12)3/h6-8H,4-5,9,14H2,1-3H3. The van der Waals surface area contributed by atoms with Crippen LogP contribution in [-0.4, -0.2) is 21.1 Å². The molecule has 0 aliphatic heterocycles. The van der Waals surface area contributed by atoms with Gasteiger partial charge in [-0.1, -0.05) is 13.8 Å². The van der Waals surface area contributed by atoms with Gasteiger partial charge in [-0.3, -0.25) is 4.98 Å². The van der Waals surface area contributed by atoms with Gasteiger partial charge in [-0.2, -0.15) is 0 Å². The number of fused-ring (bicyclic) bond motifs is 1. The lowest BCUT2D eigenvalue weighted by atomic mass is 9.81. The summed E-state index contributed by atoms with van der Waals surface area (Å²) in [6, 6.07) is 2.00. The highest BCUT2D eigenvalue weighted by molar-refractivity contribution is 5.74. The summed E-state index contributed by atoms with van der Waals surface area (Å²) in [5.74, 6) is 1.08. The average Bonchev–Trinajstić information content (AvgIpc) is 2.72. The number of aryl methyl sites for hydroxylation is 1. The molecular weight excluding hydrogens is 212 g/mol. The van der Waals surface area contributed by atoms with Crippen molar-refractivity contribution in [3.63, 3.8) is 0 Å². The van der Waals surface area contributed by atoms with Crippen LogP contribution in [0.3, 0.4) is 0 Å². The van der Waals surface area contributed by atoms with Gasteiger partial charge in [0.1, 0.15) is 11.3 Å². The third-order valence-corrected chi connectivity index (χ3v) is 3.90. The van der Waals surface area contributed by atoms with Crippen LogP contribution in [0.2, 0.25) is 0 Å². The first kappa shape index (κ1) is 12.0. The normalized spacial score (nSPS) is 12.2. The Morgan fingerprint density at radius 2 is 2.06 bits per heavy atom. The molecule has 2 aromatic heterocycles. The van der Waals surface area contributed by atoms with Gasteiger partial charge in [0.25, 0.3) is 0 Å². The van der Waals surface area contributed by atoms with Gasteiger partial charge in [0.15, 0.2) is 0 Å². The highest BCUT2D eigenvalue weighted by Gasteiger charge is 2.31. The molecule has 0 fully saturated rings. The Kier molecular flexibility index (Phi) is 3.15. The molecule has 2 aromatic rings. The van der Waals surface area contributed by atoms with E-state index >= 15 is 0 Å². The van der Waals surface area contributed by atoms with Crippen LogP contribution >= 0.6 is 0 Å². The Morgan fingerprint density at radius 3 is 2.59 bits per heavy atom. The van der Waals surface area contributed by atoms with Crippen LogP contribution in [0, 0.1) is 0 Å². The molecule has 0 aliphatic rings. The van der Waals surface area contributed by atoms with Gasteiger partial charge < -0.3 is 10.3 Å². The van der Waals surface area contributed by atoms with E-state index in [2.05, 4.69) is 30.4 Å². The summed E-state index contributed by atoms with van der Waals surface area (Å²) >= 11 is 0. The minimum absolute atomic E-state index is 0.0201. The van der Waals surface area contributed by atoms with E-state index in [9.17, 15) is 0 Å². The van der Waals surface area contributed by atoms with E-state index in [0.29, 0.717) is 6.54 Å². The molecule has 4 heteroatoms. The van der Waals surface area contributed by atoms with Crippen molar-refractivity contribution in [1.29, 1.82) is 0 Å². The first-order valence-corrected chi connectivity index (χ1v) is 6.15. The van der Waals surface area contributed by atoms with Crippen LogP contribution in [0.15, 0.2) is 18.5 Å². The SMILES string of the molecule is CCC(CC)(CN)c1nc2cnccc2n1C. The molecule has 0 bridgehead atoms. The summed E-state index contributed by atoms with van der Waals surface area (Å²) in [6.45, 7) is 4.98. The van der Waals surface area contributed by atoms with Gasteiger partial charge in [0.2, 0.25) is 0 Å². The number of hydrogen-bond acceptors (Lipinski definition) is 3. The molecule has 4 nitrogen and oxygen atoms in total. The summed E-state index contributed by atoms with van der Waals surface area (Å²) < 4.78 is 2.15. The molecule has 0 amide bonds. The molecule has 0 saturated carbocycles. The predicted octanol–water partition coefficient (Wildman–Crippen LogP) is 1.98. The topological polar surface area (TPSA) is 56.7 Å². The van der Waals surface area contributed by atoms with Crippen LogP contribution in [-0.2, 0) is 12.5 Å². The second-order valence-corrected chi connectivity index (χ2v) is 4.55. The maximum atomic E-state index is 5.98. The van der Waals surface area contributed by atoms with Crippen molar-refractivity contribution in [2.75, 3.05) is 6.54 Å².